The van der Waals surface area contributed by atoms with Gasteiger partial charge in [0, 0.05) is 18.4 Å². The summed E-state index contributed by atoms with van der Waals surface area (Å²) >= 11 is 0. The minimum atomic E-state index is -3.17. The average molecular weight is 345 g/mol. The fraction of sp³-hybridized carbons (Fsp3) is 0.316. The van der Waals surface area contributed by atoms with Gasteiger partial charge in [0.2, 0.25) is 0 Å². The van der Waals surface area contributed by atoms with Crippen LogP contribution in [0.4, 0.5) is 0 Å². The minimum absolute atomic E-state index is 0.0990. The molecule has 0 radical (unpaired) electrons. The Morgan fingerprint density at radius 2 is 1.58 bits per heavy atom. The van der Waals surface area contributed by atoms with E-state index < -0.39 is 9.84 Å². The van der Waals surface area contributed by atoms with Crippen LogP contribution in [0, 0.1) is 0 Å². The van der Waals surface area contributed by atoms with Crippen molar-refractivity contribution in [3.05, 3.63) is 65.2 Å². The molecule has 0 aromatic heterocycles. The largest absolute Gasteiger partial charge is 0.352 e. The normalized spacial score (nSPS) is 11.5. The van der Waals surface area contributed by atoms with E-state index in [1.165, 1.54) is 11.8 Å². The fourth-order valence-electron chi connectivity index (χ4n) is 2.35. The number of carbonyl (C=O) groups is 1. The highest BCUT2D eigenvalue weighted by molar-refractivity contribution is 7.90. The van der Waals surface area contributed by atoms with E-state index in [1.807, 2.05) is 24.3 Å². The van der Waals surface area contributed by atoms with Crippen molar-refractivity contribution >= 4 is 15.7 Å². The molecular weight excluding hydrogens is 322 g/mol. The molecule has 0 aliphatic carbocycles. The van der Waals surface area contributed by atoms with Crippen molar-refractivity contribution in [1.29, 1.82) is 0 Å². The third kappa shape index (κ3) is 4.93. The maximum Gasteiger partial charge on any atom is 0.251 e. The van der Waals surface area contributed by atoms with Crippen molar-refractivity contribution in [1.82, 2.24) is 5.32 Å². The Labute approximate surface area is 143 Å². The molecule has 0 saturated carbocycles. The van der Waals surface area contributed by atoms with E-state index >= 15 is 0 Å². The lowest BCUT2D eigenvalue weighted by molar-refractivity contribution is 0.0954. The molecule has 0 unspecified atom stereocenters. The second-order valence-corrected chi connectivity index (χ2v) is 8.21. The van der Waals surface area contributed by atoms with Gasteiger partial charge in [0.15, 0.2) is 9.84 Å². The van der Waals surface area contributed by atoms with Crippen molar-refractivity contribution in [2.75, 3.05) is 12.8 Å². The Kier molecular flexibility index (Phi) is 5.78. The summed E-state index contributed by atoms with van der Waals surface area (Å²) in [6.07, 6.45) is 1.84. The lowest BCUT2D eigenvalue weighted by Gasteiger charge is -2.08. The number of nitrogens with one attached hydrogen (secondary N) is 1. The van der Waals surface area contributed by atoms with E-state index in [9.17, 15) is 13.2 Å². The summed E-state index contributed by atoms with van der Waals surface area (Å²) in [5.41, 5.74) is 2.84. The van der Waals surface area contributed by atoms with Gasteiger partial charge in [0.25, 0.3) is 5.91 Å². The molecule has 0 aliphatic rings. The quantitative estimate of drug-likeness (QED) is 0.874. The van der Waals surface area contributed by atoms with Crippen LogP contribution >= 0.6 is 0 Å². The lowest BCUT2D eigenvalue weighted by Crippen LogP contribution is -2.25. The minimum Gasteiger partial charge on any atom is -0.352 e. The van der Waals surface area contributed by atoms with E-state index in [-0.39, 0.29) is 5.91 Å². The van der Waals surface area contributed by atoms with E-state index in [4.69, 9.17) is 0 Å². The number of hydrogen-bond acceptors (Lipinski definition) is 3. The second kappa shape index (κ2) is 7.62. The molecule has 0 fully saturated rings. The Hall–Kier alpha value is -2.14. The van der Waals surface area contributed by atoms with Gasteiger partial charge < -0.3 is 5.32 Å². The Bertz CT molecular complexity index is 792. The molecule has 0 heterocycles. The molecule has 24 heavy (non-hydrogen) atoms. The highest BCUT2D eigenvalue weighted by atomic mass is 32.2. The van der Waals surface area contributed by atoms with Gasteiger partial charge in [-0.2, -0.15) is 0 Å². The first-order chi connectivity index (χ1) is 11.3. The molecule has 4 nitrogen and oxygen atoms in total. The van der Waals surface area contributed by atoms with Crippen LogP contribution in [0.5, 0.6) is 0 Å². The summed E-state index contributed by atoms with van der Waals surface area (Å²) < 4.78 is 22.8. The van der Waals surface area contributed by atoms with Crippen molar-refractivity contribution in [3.8, 4) is 0 Å². The molecular formula is C19H23NO3S. The van der Waals surface area contributed by atoms with Gasteiger partial charge in [0.1, 0.15) is 0 Å². The molecule has 2 aromatic rings. The van der Waals surface area contributed by atoms with Crippen molar-refractivity contribution in [2.45, 2.75) is 31.1 Å². The lowest BCUT2D eigenvalue weighted by atomic mass is 10.0. The monoisotopic (exact) mass is 345 g/mol. The first-order valence-electron chi connectivity index (χ1n) is 7.94. The zero-order valence-corrected chi connectivity index (χ0v) is 15.1. The van der Waals surface area contributed by atoms with E-state index in [0.717, 1.165) is 5.56 Å². The van der Waals surface area contributed by atoms with Crippen LogP contribution in [0.2, 0.25) is 0 Å². The molecule has 0 spiro atoms. The number of rotatable bonds is 6. The van der Waals surface area contributed by atoms with Crippen LogP contribution in [-0.4, -0.2) is 27.1 Å². The SMILES string of the molecule is CC(C)c1ccc(C(=O)NCCc2ccc(S(C)(=O)=O)cc2)cc1. The Morgan fingerprint density at radius 3 is 2.08 bits per heavy atom. The molecule has 0 atom stereocenters. The highest BCUT2D eigenvalue weighted by Gasteiger charge is 2.08. The highest BCUT2D eigenvalue weighted by Crippen LogP contribution is 2.14. The van der Waals surface area contributed by atoms with Crippen LogP contribution in [-0.2, 0) is 16.3 Å². The van der Waals surface area contributed by atoms with Gasteiger partial charge in [-0.25, -0.2) is 8.42 Å². The second-order valence-electron chi connectivity index (χ2n) is 6.20. The van der Waals surface area contributed by atoms with Crippen LogP contribution in [0.25, 0.3) is 0 Å². The molecule has 1 N–H and O–H groups in total. The van der Waals surface area contributed by atoms with Crippen molar-refractivity contribution < 1.29 is 13.2 Å². The summed E-state index contributed by atoms with van der Waals surface area (Å²) in [7, 11) is -3.17. The zero-order chi connectivity index (χ0) is 17.7. The number of hydrogen-bond donors (Lipinski definition) is 1. The average Bonchev–Trinajstić information content (AvgIpc) is 2.54. The summed E-state index contributed by atoms with van der Waals surface area (Å²) in [4.78, 5) is 12.4. The Balaban J connectivity index is 1.88. The molecule has 2 rings (SSSR count). The van der Waals surface area contributed by atoms with Crippen LogP contribution < -0.4 is 5.32 Å². The summed E-state index contributed by atoms with van der Waals surface area (Å²) in [5.74, 6) is 0.343. The standard InChI is InChI=1S/C19H23NO3S/c1-14(2)16-6-8-17(9-7-16)19(21)20-13-12-15-4-10-18(11-5-15)24(3,22)23/h4-11,14H,12-13H2,1-3H3,(H,20,21). The molecule has 128 valence electrons. The van der Waals surface area contributed by atoms with Crippen molar-refractivity contribution in [2.24, 2.45) is 0 Å². The van der Waals surface area contributed by atoms with Gasteiger partial charge in [-0.05, 0) is 47.7 Å². The third-order valence-corrected chi connectivity index (χ3v) is 5.02. The van der Waals surface area contributed by atoms with E-state index in [1.54, 1.807) is 24.3 Å². The maximum atomic E-state index is 12.1. The van der Waals surface area contributed by atoms with Gasteiger partial charge in [-0.1, -0.05) is 38.1 Å². The number of amides is 1. The van der Waals surface area contributed by atoms with Crippen LogP contribution in [0.15, 0.2) is 53.4 Å². The first-order valence-corrected chi connectivity index (χ1v) is 9.83. The molecule has 2 aromatic carbocycles. The van der Waals surface area contributed by atoms with Crippen molar-refractivity contribution in [3.63, 3.8) is 0 Å². The number of benzene rings is 2. The first kappa shape index (κ1) is 18.2. The van der Waals surface area contributed by atoms with E-state index in [2.05, 4.69) is 19.2 Å². The van der Waals surface area contributed by atoms with Gasteiger partial charge >= 0.3 is 0 Å². The molecule has 1 amide bonds. The number of sulfone groups is 1. The molecule has 0 bridgehead atoms. The van der Waals surface area contributed by atoms with Crippen LogP contribution in [0.3, 0.4) is 0 Å². The van der Waals surface area contributed by atoms with Gasteiger partial charge in [-0.3, -0.25) is 4.79 Å². The van der Waals surface area contributed by atoms with Crippen LogP contribution in [0.1, 0.15) is 41.3 Å². The topological polar surface area (TPSA) is 63.2 Å². The van der Waals surface area contributed by atoms with Gasteiger partial charge in [0.05, 0.1) is 4.90 Å². The predicted octanol–water partition coefficient (Wildman–Crippen LogP) is 3.19. The Morgan fingerprint density at radius 1 is 1.00 bits per heavy atom. The molecule has 0 saturated heterocycles. The smallest absolute Gasteiger partial charge is 0.251 e. The third-order valence-electron chi connectivity index (χ3n) is 3.89. The zero-order valence-electron chi connectivity index (χ0n) is 14.2. The predicted molar refractivity (Wildman–Crippen MR) is 96.1 cm³/mol. The maximum absolute atomic E-state index is 12.1. The van der Waals surface area contributed by atoms with Gasteiger partial charge in [-0.15, -0.1) is 0 Å². The summed E-state index contributed by atoms with van der Waals surface area (Å²) in [6.45, 7) is 4.73. The fourth-order valence-corrected chi connectivity index (χ4v) is 2.98. The summed E-state index contributed by atoms with van der Waals surface area (Å²) in [5, 5.41) is 2.88. The molecule has 0 aliphatic heterocycles. The molecule has 5 heteroatoms. The van der Waals surface area contributed by atoms with E-state index in [0.29, 0.717) is 29.3 Å². The number of carbonyl (C=O) groups excluding carboxylic acids is 1. The summed E-state index contributed by atoms with van der Waals surface area (Å²) in [6, 6.07) is 14.4.